The maximum absolute atomic E-state index is 12.1. The summed E-state index contributed by atoms with van der Waals surface area (Å²) >= 11 is 0. The molecule has 7 nitrogen and oxygen atoms in total. The normalized spacial score (nSPS) is 12.5. The number of ketones is 1. The Morgan fingerprint density at radius 1 is 1.04 bits per heavy atom. The third-order valence-electron chi connectivity index (χ3n) is 4.24. The molecule has 0 N–H and O–H groups in total. The summed E-state index contributed by atoms with van der Waals surface area (Å²) in [6.45, 7) is 0.303. The summed E-state index contributed by atoms with van der Waals surface area (Å²) in [5.74, 6) is -1.85. The molecular weight excluding hydrogens is 346 g/mol. The molecule has 2 aromatic carbocycles. The Morgan fingerprint density at radius 2 is 1.74 bits per heavy atom. The van der Waals surface area contributed by atoms with Gasteiger partial charge in [-0.3, -0.25) is 9.59 Å². The highest BCUT2D eigenvalue weighted by atomic mass is 16.5. The van der Waals surface area contributed by atoms with E-state index in [4.69, 9.17) is 10.3 Å². The number of Topliss-reactive ketones (excluding diaryl/α,β-unsaturated/α-hetero) is 1. The van der Waals surface area contributed by atoms with Crippen molar-refractivity contribution >= 4 is 29.1 Å². The molecule has 0 bridgehead atoms. The van der Waals surface area contributed by atoms with Crippen LogP contribution in [0.1, 0.15) is 28.8 Å². The van der Waals surface area contributed by atoms with Crippen LogP contribution in [0, 0.1) is 0 Å². The summed E-state index contributed by atoms with van der Waals surface area (Å²) in [5, 5.41) is 0. The smallest absolute Gasteiger partial charge is 0.417 e. The van der Waals surface area contributed by atoms with Gasteiger partial charge in [-0.2, -0.15) is 4.79 Å². The number of anilines is 1. The molecule has 136 valence electrons. The van der Waals surface area contributed by atoms with E-state index in [2.05, 4.69) is 4.79 Å². The van der Waals surface area contributed by atoms with Crippen LogP contribution in [0.3, 0.4) is 0 Å². The lowest BCUT2D eigenvalue weighted by Gasteiger charge is -2.15. The quantitative estimate of drug-likeness (QED) is 0.248. The first-order valence-electron chi connectivity index (χ1n) is 8.49. The molecule has 0 radical (unpaired) electrons. The van der Waals surface area contributed by atoms with Gasteiger partial charge in [-0.1, -0.05) is 42.5 Å². The lowest BCUT2D eigenvalue weighted by Crippen LogP contribution is -2.31. The van der Waals surface area contributed by atoms with Crippen molar-refractivity contribution in [2.45, 2.75) is 19.4 Å². The van der Waals surface area contributed by atoms with Crippen LogP contribution in [-0.2, 0) is 20.9 Å². The molecule has 0 atom stereocenters. The molecule has 27 heavy (non-hydrogen) atoms. The maximum atomic E-state index is 12.1. The molecule has 2 aromatic rings. The van der Waals surface area contributed by atoms with Crippen LogP contribution in [0.2, 0.25) is 0 Å². The molecule has 3 rings (SSSR count). The summed E-state index contributed by atoms with van der Waals surface area (Å²) < 4.78 is 5.13. The summed E-state index contributed by atoms with van der Waals surface area (Å²) in [6, 6.07) is 15.9. The fourth-order valence-electron chi connectivity index (χ4n) is 2.87. The van der Waals surface area contributed by atoms with E-state index < -0.39 is 17.7 Å². The molecule has 0 aromatic heterocycles. The zero-order valence-corrected chi connectivity index (χ0v) is 14.5. The van der Waals surface area contributed by atoms with Crippen molar-refractivity contribution in [3.63, 3.8) is 0 Å². The second-order valence-corrected chi connectivity index (χ2v) is 6.02. The number of carbonyl (C=O) groups is 3. The first kappa shape index (κ1) is 18.2. The first-order chi connectivity index (χ1) is 13.1. The van der Waals surface area contributed by atoms with Crippen molar-refractivity contribution in [1.82, 2.24) is 0 Å². The summed E-state index contributed by atoms with van der Waals surface area (Å²) in [6.07, 6.45) is 0.456. The Bertz CT molecular complexity index is 933. The van der Waals surface area contributed by atoms with E-state index >= 15 is 0 Å². The van der Waals surface area contributed by atoms with Gasteiger partial charge >= 0.3 is 11.7 Å². The molecule has 1 heterocycles. The van der Waals surface area contributed by atoms with Gasteiger partial charge in [-0.05, 0) is 24.1 Å². The third-order valence-corrected chi connectivity index (χ3v) is 4.24. The predicted molar refractivity (Wildman–Crippen MR) is 97.2 cm³/mol. The fourth-order valence-corrected chi connectivity index (χ4v) is 2.87. The van der Waals surface area contributed by atoms with Crippen molar-refractivity contribution in [3.05, 3.63) is 71.3 Å². The van der Waals surface area contributed by atoms with E-state index in [0.717, 1.165) is 5.56 Å². The fraction of sp³-hybridized carbons (Fsp3) is 0.200. The Kier molecular flexibility index (Phi) is 5.54. The number of esters is 1. The minimum absolute atomic E-state index is 0.0746. The Hall–Kier alpha value is -3.57. The van der Waals surface area contributed by atoms with E-state index in [-0.39, 0.29) is 25.3 Å². The number of ether oxygens (including phenoxy) is 1. The number of nitrogens with zero attached hydrogens (tertiary/aromatic N) is 3. The van der Waals surface area contributed by atoms with Gasteiger partial charge in [0.15, 0.2) is 0 Å². The first-order valence-corrected chi connectivity index (χ1v) is 8.49. The summed E-state index contributed by atoms with van der Waals surface area (Å²) in [7, 11) is 0. The molecule has 0 saturated heterocycles. The SMILES string of the molecule is [N-]=[N+]=C(CCCN1C(=O)C(=O)c2ccccc21)C(=O)OCc1ccccc1. The monoisotopic (exact) mass is 363 g/mol. The van der Waals surface area contributed by atoms with E-state index in [1.54, 1.807) is 24.3 Å². The minimum Gasteiger partial charge on any atom is -0.452 e. The number of benzene rings is 2. The predicted octanol–water partition coefficient (Wildman–Crippen LogP) is 2.41. The van der Waals surface area contributed by atoms with Crippen molar-refractivity contribution in [2.24, 2.45) is 0 Å². The van der Waals surface area contributed by atoms with Gasteiger partial charge in [0.1, 0.15) is 6.61 Å². The summed E-state index contributed by atoms with van der Waals surface area (Å²) in [5.41, 5.74) is 10.7. The van der Waals surface area contributed by atoms with E-state index in [1.807, 2.05) is 30.3 Å². The lowest BCUT2D eigenvalue weighted by molar-refractivity contribution is -0.141. The van der Waals surface area contributed by atoms with Crippen LogP contribution in [0.25, 0.3) is 5.53 Å². The second-order valence-electron chi connectivity index (χ2n) is 6.02. The van der Waals surface area contributed by atoms with Gasteiger partial charge < -0.3 is 15.2 Å². The highest BCUT2D eigenvalue weighted by molar-refractivity contribution is 6.52. The number of hydrogen-bond donors (Lipinski definition) is 0. The molecule has 1 amide bonds. The minimum atomic E-state index is -0.717. The van der Waals surface area contributed by atoms with E-state index in [9.17, 15) is 14.4 Å². The molecule has 0 fully saturated rings. The van der Waals surface area contributed by atoms with Gasteiger partial charge in [0.25, 0.3) is 11.7 Å². The number of rotatable bonds is 7. The van der Waals surface area contributed by atoms with E-state index in [1.165, 1.54) is 4.90 Å². The molecule has 0 spiro atoms. The molecular formula is C20H17N3O4. The van der Waals surface area contributed by atoms with Crippen LogP contribution in [-0.4, -0.2) is 34.7 Å². The standard InChI is InChI=1S/C20H17N3O4/c21-22-16(20(26)27-13-14-7-2-1-3-8-14)10-6-12-23-17-11-5-4-9-15(17)18(24)19(23)25/h1-5,7-9,11H,6,10,12-13H2. The van der Waals surface area contributed by atoms with Crippen LogP contribution in [0.5, 0.6) is 0 Å². The highest BCUT2D eigenvalue weighted by Crippen LogP contribution is 2.28. The van der Waals surface area contributed by atoms with Gasteiger partial charge in [-0.25, -0.2) is 4.79 Å². The van der Waals surface area contributed by atoms with Gasteiger partial charge in [0, 0.05) is 6.54 Å². The highest BCUT2D eigenvalue weighted by Gasteiger charge is 2.35. The molecule has 7 heteroatoms. The average molecular weight is 363 g/mol. The van der Waals surface area contributed by atoms with Crippen LogP contribution in [0.4, 0.5) is 5.69 Å². The Balaban J connectivity index is 1.54. The number of amides is 1. The zero-order chi connectivity index (χ0) is 19.2. The van der Waals surface area contributed by atoms with Gasteiger partial charge in [-0.15, -0.1) is 0 Å². The van der Waals surface area contributed by atoms with Gasteiger partial charge in [0.2, 0.25) is 0 Å². The molecule has 0 aliphatic carbocycles. The number of hydrogen-bond acceptors (Lipinski definition) is 4. The van der Waals surface area contributed by atoms with Crippen LogP contribution < -0.4 is 4.90 Å². The van der Waals surface area contributed by atoms with Gasteiger partial charge in [0.05, 0.1) is 17.7 Å². The molecule has 1 aliphatic heterocycles. The van der Waals surface area contributed by atoms with E-state index in [0.29, 0.717) is 17.7 Å². The largest absolute Gasteiger partial charge is 0.452 e. The Morgan fingerprint density at radius 3 is 2.48 bits per heavy atom. The summed E-state index contributed by atoms with van der Waals surface area (Å²) in [4.78, 5) is 40.5. The Labute approximate surface area is 155 Å². The average Bonchev–Trinajstić information content (AvgIpc) is 2.95. The number of para-hydroxylation sites is 1. The maximum Gasteiger partial charge on any atom is 0.417 e. The van der Waals surface area contributed by atoms with Crippen LogP contribution >= 0.6 is 0 Å². The number of carbonyl (C=O) groups excluding carboxylic acids is 3. The molecule has 0 unspecified atom stereocenters. The topological polar surface area (TPSA) is 100 Å². The molecule has 0 saturated carbocycles. The molecule has 1 aliphatic rings. The number of fused-ring (bicyclic) bond motifs is 1. The second kappa shape index (κ2) is 8.21. The zero-order valence-electron chi connectivity index (χ0n) is 14.5. The van der Waals surface area contributed by atoms with Crippen molar-refractivity contribution in [1.29, 1.82) is 0 Å². The van der Waals surface area contributed by atoms with Crippen molar-refractivity contribution in [2.75, 3.05) is 11.4 Å². The van der Waals surface area contributed by atoms with Crippen molar-refractivity contribution < 1.29 is 23.9 Å². The van der Waals surface area contributed by atoms with Crippen molar-refractivity contribution in [3.8, 4) is 0 Å². The lowest BCUT2D eigenvalue weighted by atomic mass is 10.1. The third kappa shape index (κ3) is 3.99. The van der Waals surface area contributed by atoms with Crippen LogP contribution in [0.15, 0.2) is 54.6 Å².